The molecule has 0 aliphatic carbocycles. The lowest BCUT2D eigenvalue weighted by Crippen LogP contribution is -1.63. The van der Waals surface area contributed by atoms with Gasteiger partial charge in [-0.3, -0.25) is 0 Å². The first-order valence-corrected chi connectivity index (χ1v) is 3.47. The summed E-state index contributed by atoms with van der Waals surface area (Å²) in [6, 6.07) is 0. The van der Waals surface area contributed by atoms with E-state index in [1.165, 1.54) is 19.3 Å². The monoisotopic (exact) mass is 130 g/mol. The molecule has 0 aromatic rings. The largest absolute Gasteiger partial charge is 0.400 e. The fourth-order valence-corrected chi connectivity index (χ4v) is 0.489. The zero-order valence-electron chi connectivity index (χ0n) is 6.72. The molecule has 0 aliphatic rings. The lowest BCUT2D eigenvalue weighted by atomic mass is 10.2. The Morgan fingerprint density at radius 3 is 2.22 bits per heavy atom. The molecule has 0 atom stereocenters. The Labute approximate surface area is 58.4 Å². The van der Waals surface area contributed by atoms with E-state index in [-0.39, 0.29) is 0 Å². The summed E-state index contributed by atoms with van der Waals surface area (Å²) in [4.78, 5) is 0. The van der Waals surface area contributed by atoms with Crippen molar-refractivity contribution in [3.63, 3.8) is 0 Å². The second-order valence-corrected chi connectivity index (χ2v) is 1.71. The number of hydrogen-bond donors (Lipinski definition) is 1. The van der Waals surface area contributed by atoms with E-state index in [9.17, 15) is 0 Å². The van der Waals surface area contributed by atoms with Crippen molar-refractivity contribution in [2.24, 2.45) is 0 Å². The van der Waals surface area contributed by atoms with Gasteiger partial charge >= 0.3 is 0 Å². The average Bonchev–Trinajstić information content (AvgIpc) is 1.94. The predicted molar refractivity (Wildman–Crippen MR) is 42.5 cm³/mol. The predicted octanol–water partition coefficient (Wildman–Crippen LogP) is 2.36. The molecule has 0 saturated carbocycles. The molecule has 1 heteroatoms. The number of hydrogen-bond acceptors (Lipinski definition) is 1. The molecule has 0 aromatic heterocycles. The van der Waals surface area contributed by atoms with Crippen molar-refractivity contribution in [2.45, 2.75) is 33.1 Å². The summed E-state index contributed by atoms with van der Waals surface area (Å²) in [5.41, 5.74) is 0. The minimum Gasteiger partial charge on any atom is -0.400 e. The summed E-state index contributed by atoms with van der Waals surface area (Å²) in [5.74, 6) is 0. The van der Waals surface area contributed by atoms with Crippen LogP contribution in [0.15, 0.2) is 12.2 Å². The van der Waals surface area contributed by atoms with Crippen LogP contribution in [0.25, 0.3) is 0 Å². The van der Waals surface area contributed by atoms with Crippen molar-refractivity contribution >= 4 is 0 Å². The Morgan fingerprint density at radius 2 is 1.89 bits per heavy atom. The van der Waals surface area contributed by atoms with Gasteiger partial charge in [-0.05, 0) is 13.3 Å². The highest BCUT2D eigenvalue weighted by molar-refractivity contribution is 4.75. The summed E-state index contributed by atoms with van der Waals surface area (Å²) in [5, 5.41) is 7.00. The second kappa shape index (κ2) is 15.6. The van der Waals surface area contributed by atoms with Gasteiger partial charge in [-0.15, -0.1) is 0 Å². The van der Waals surface area contributed by atoms with Crippen LogP contribution in [-0.2, 0) is 0 Å². The number of allylic oxidation sites excluding steroid dienone is 2. The maximum Gasteiger partial charge on any atom is 0.0319 e. The van der Waals surface area contributed by atoms with E-state index in [2.05, 4.69) is 26.0 Å². The van der Waals surface area contributed by atoms with E-state index in [0.717, 1.165) is 7.11 Å². The molecular weight excluding hydrogens is 112 g/mol. The number of aliphatic hydroxyl groups excluding tert-OH is 1. The van der Waals surface area contributed by atoms with Crippen LogP contribution in [-0.4, -0.2) is 12.2 Å². The molecule has 1 N–H and O–H groups in total. The summed E-state index contributed by atoms with van der Waals surface area (Å²) >= 11 is 0. The third-order valence-corrected chi connectivity index (χ3v) is 0.960. The molecule has 56 valence electrons. The Morgan fingerprint density at radius 1 is 1.33 bits per heavy atom. The molecule has 1 nitrogen and oxygen atoms in total. The van der Waals surface area contributed by atoms with Crippen molar-refractivity contribution in [3.8, 4) is 0 Å². The second-order valence-electron chi connectivity index (χ2n) is 1.71. The third kappa shape index (κ3) is 18.3. The van der Waals surface area contributed by atoms with Crippen LogP contribution >= 0.6 is 0 Å². The molecule has 0 rings (SSSR count). The smallest absolute Gasteiger partial charge is 0.0319 e. The van der Waals surface area contributed by atoms with Gasteiger partial charge in [0.2, 0.25) is 0 Å². The van der Waals surface area contributed by atoms with Gasteiger partial charge in [0.1, 0.15) is 0 Å². The highest BCUT2D eigenvalue weighted by atomic mass is 16.2. The third-order valence-electron chi connectivity index (χ3n) is 0.960. The van der Waals surface area contributed by atoms with Crippen molar-refractivity contribution in [1.29, 1.82) is 0 Å². The van der Waals surface area contributed by atoms with Crippen LogP contribution in [0, 0.1) is 0 Å². The van der Waals surface area contributed by atoms with Gasteiger partial charge in [-0.25, -0.2) is 0 Å². The minimum atomic E-state index is 1.00. The minimum absolute atomic E-state index is 1.00. The molecule has 0 bridgehead atoms. The zero-order valence-corrected chi connectivity index (χ0v) is 6.72. The lowest BCUT2D eigenvalue weighted by molar-refractivity contribution is 0.399. The zero-order chi connectivity index (χ0) is 7.54. The summed E-state index contributed by atoms with van der Waals surface area (Å²) in [7, 11) is 1.00. The Balaban J connectivity index is 0. The van der Waals surface area contributed by atoms with E-state index < -0.39 is 0 Å². The molecule has 0 spiro atoms. The van der Waals surface area contributed by atoms with Crippen molar-refractivity contribution in [1.82, 2.24) is 0 Å². The van der Waals surface area contributed by atoms with Crippen LogP contribution in [0.2, 0.25) is 0 Å². The first-order chi connectivity index (χ1) is 4.41. The molecule has 0 unspecified atom stereocenters. The molecule has 0 saturated heterocycles. The molecular formula is C8H18O. The van der Waals surface area contributed by atoms with Crippen LogP contribution < -0.4 is 0 Å². The van der Waals surface area contributed by atoms with Gasteiger partial charge in [0.15, 0.2) is 0 Å². The van der Waals surface area contributed by atoms with Gasteiger partial charge in [-0.1, -0.05) is 31.9 Å². The summed E-state index contributed by atoms with van der Waals surface area (Å²) in [6.45, 7) is 4.28. The van der Waals surface area contributed by atoms with Crippen LogP contribution in [0.1, 0.15) is 33.1 Å². The molecule has 0 aliphatic heterocycles. The van der Waals surface area contributed by atoms with Crippen LogP contribution in [0.5, 0.6) is 0 Å². The maximum atomic E-state index is 7.00. The normalized spacial score (nSPS) is 8.89. The van der Waals surface area contributed by atoms with E-state index in [1.54, 1.807) is 0 Å². The van der Waals surface area contributed by atoms with Gasteiger partial charge in [0.05, 0.1) is 0 Å². The molecule has 0 heterocycles. The topological polar surface area (TPSA) is 20.2 Å². The first-order valence-electron chi connectivity index (χ1n) is 3.47. The van der Waals surface area contributed by atoms with E-state index in [1.807, 2.05) is 0 Å². The molecule has 0 aromatic carbocycles. The van der Waals surface area contributed by atoms with Gasteiger partial charge in [0.25, 0.3) is 0 Å². The Kier molecular flexibility index (Phi) is 20.0. The van der Waals surface area contributed by atoms with Gasteiger partial charge < -0.3 is 5.11 Å². The molecule has 0 radical (unpaired) electrons. The van der Waals surface area contributed by atoms with E-state index >= 15 is 0 Å². The Hall–Kier alpha value is -0.300. The van der Waals surface area contributed by atoms with Gasteiger partial charge in [-0.2, -0.15) is 0 Å². The van der Waals surface area contributed by atoms with Crippen molar-refractivity contribution < 1.29 is 5.11 Å². The maximum absolute atomic E-state index is 7.00. The summed E-state index contributed by atoms with van der Waals surface area (Å²) in [6.07, 6.45) is 8.22. The highest BCUT2D eigenvalue weighted by Crippen LogP contribution is 1.93. The number of rotatable bonds is 3. The standard InChI is InChI=1S/C7H14.CH4O/c1-3-5-7-6-4-2;1-2/h3,5H,4,6-7H2,1-2H3;2H,1H3. The molecule has 0 amide bonds. The quantitative estimate of drug-likeness (QED) is 0.459. The number of aliphatic hydroxyl groups is 1. The SMILES string of the molecule is CC=CCCCC.CO. The molecule has 9 heavy (non-hydrogen) atoms. The fourth-order valence-electron chi connectivity index (χ4n) is 0.489. The van der Waals surface area contributed by atoms with Crippen LogP contribution in [0.4, 0.5) is 0 Å². The van der Waals surface area contributed by atoms with Crippen molar-refractivity contribution in [3.05, 3.63) is 12.2 Å². The first kappa shape index (κ1) is 11.5. The average molecular weight is 130 g/mol. The number of unbranched alkanes of at least 4 members (excludes halogenated alkanes) is 2. The lowest BCUT2D eigenvalue weighted by Gasteiger charge is -1.83. The van der Waals surface area contributed by atoms with Gasteiger partial charge in [0, 0.05) is 7.11 Å². The Bertz CT molecular complexity index is 48.5. The van der Waals surface area contributed by atoms with Crippen LogP contribution in [0.3, 0.4) is 0 Å². The fraction of sp³-hybridized carbons (Fsp3) is 0.750. The van der Waals surface area contributed by atoms with E-state index in [4.69, 9.17) is 5.11 Å². The molecule has 0 fully saturated rings. The highest BCUT2D eigenvalue weighted by Gasteiger charge is 1.73. The summed E-state index contributed by atoms with van der Waals surface area (Å²) < 4.78 is 0. The van der Waals surface area contributed by atoms with E-state index in [0.29, 0.717) is 0 Å². The van der Waals surface area contributed by atoms with Crippen molar-refractivity contribution in [2.75, 3.05) is 7.11 Å².